The van der Waals surface area contributed by atoms with Crippen molar-refractivity contribution >= 4 is 21.8 Å². The number of fused-ring (bicyclic) bond motifs is 3. The minimum absolute atomic E-state index is 0.978. The zero-order valence-electron chi connectivity index (χ0n) is 9.91. The predicted octanol–water partition coefficient (Wildman–Crippen LogP) is 3.94. The predicted molar refractivity (Wildman–Crippen MR) is 65.3 cm³/mol. The zero-order valence-corrected chi connectivity index (χ0v) is 8.91. The second kappa shape index (κ2) is 2.86. The number of para-hydroxylation sites is 1. The van der Waals surface area contributed by atoms with E-state index in [1.54, 1.807) is 4.98 Å². The molecule has 0 amide bonds. The summed E-state index contributed by atoms with van der Waals surface area (Å²) in [5.74, 6) is 0. The molecule has 0 atom stereocenters. The van der Waals surface area contributed by atoms with E-state index in [-0.39, 0.29) is 0 Å². The number of benzene rings is 2. The highest BCUT2D eigenvalue weighted by molar-refractivity contribution is 6.08. The van der Waals surface area contributed by atoms with Crippen LogP contribution < -0.4 is 0 Å². The molecule has 0 fully saturated rings. The normalized spacial score (nSPS) is 12.3. The molecule has 0 radical (unpaired) electrons. The first-order valence-corrected chi connectivity index (χ1v) is 5.19. The zero-order chi connectivity index (χ0) is 11.3. The van der Waals surface area contributed by atoms with Crippen LogP contribution in [0.3, 0.4) is 0 Å². The molecule has 0 saturated carbocycles. The molecular weight excluding hydrogens is 182 g/mol. The van der Waals surface area contributed by atoms with Gasteiger partial charge in [-0.05, 0) is 31.0 Å². The molecule has 1 heteroatoms. The number of H-pyrrole nitrogens is 1. The molecule has 3 rings (SSSR count). The topological polar surface area (TPSA) is 15.8 Å². The summed E-state index contributed by atoms with van der Waals surface area (Å²) >= 11 is 0. The van der Waals surface area contributed by atoms with Crippen LogP contribution in [0.2, 0.25) is 1.41 Å². The molecule has 0 saturated heterocycles. The fraction of sp³-hybridized carbons (Fsp3) is 0.143. The summed E-state index contributed by atoms with van der Waals surface area (Å²) in [6, 6.07) is 12.3. The fourth-order valence-corrected chi connectivity index (χ4v) is 2.08. The number of rotatable bonds is 0. The van der Waals surface area contributed by atoms with Gasteiger partial charge in [0.2, 0.25) is 0 Å². The Balaban J connectivity index is 2.67. The molecule has 1 N–H and O–H groups in total. The van der Waals surface area contributed by atoms with Crippen LogP contribution in [-0.2, 0) is 0 Å². The van der Waals surface area contributed by atoms with Crippen LogP contribution in [0, 0.1) is 13.8 Å². The molecule has 0 bridgehead atoms. The summed E-state index contributed by atoms with van der Waals surface area (Å²) in [7, 11) is 0. The molecule has 0 aliphatic rings. The summed E-state index contributed by atoms with van der Waals surface area (Å²) in [6.07, 6.45) is 0. The molecule has 15 heavy (non-hydrogen) atoms. The molecule has 0 unspecified atom stereocenters. The van der Waals surface area contributed by atoms with Crippen molar-refractivity contribution in [3.63, 3.8) is 0 Å². The van der Waals surface area contributed by atoms with Crippen molar-refractivity contribution in [2.75, 3.05) is 0 Å². The highest BCUT2D eigenvalue weighted by Gasteiger charge is 2.06. The van der Waals surface area contributed by atoms with Gasteiger partial charge in [-0.2, -0.15) is 0 Å². The maximum Gasteiger partial charge on any atom is 0.167 e. The van der Waals surface area contributed by atoms with Crippen LogP contribution in [0.5, 0.6) is 0 Å². The average molecular weight is 197 g/mol. The van der Waals surface area contributed by atoms with E-state index in [9.17, 15) is 0 Å². The summed E-state index contributed by atoms with van der Waals surface area (Å²) in [5.41, 5.74) is 4.44. The lowest BCUT2D eigenvalue weighted by atomic mass is 10.1. The van der Waals surface area contributed by atoms with E-state index in [2.05, 4.69) is 32.0 Å². The molecule has 1 aromatic heterocycles. The van der Waals surface area contributed by atoms with Gasteiger partial charge in [-0.15, -0.1) is 0 Å². The van der Waals surface area contributed by atoms with Crippen LogP contribution >= 0.6 is 0 Å². The first-order chi connectivity index (χ1) is 7.70. The Morgan fingerprint density at radius 3 is 2.67 bits per heavy atom. The van der Waals surface area contributed by atoms with Gasteiger partial charge in [0.25, 0.3) is 0 Å². The minimum Gasteiger partial charge on any atom is -0.354 e. The van der Waals surface area contributed by atoms with E-state index >= 15 is 0 Å². The van der Waals surface area contributed by atoms with E-state index in [1.165, 1.54) is 16.5 Å². The molecule has 74 valence electrons. The van der Waals surface area contributed by atoms with Crippen LogP contribution in [0.25, 0.3) is 21.8 Å². The lowest BCUT2D eigenvalue weighted by molar-refractivity contribution is 1.35. The van der Waals surface area contributed by atoms with E-state index in [1.807, 2.05) is 18.2 Å². The maximum absolute atomic E-state index is 8.17. The molecule has 2 aromatic carbocycles. The fourth-order valence-electron chi connectivity index (χ4n) is 2.08. The Kier molecular flexibility index (Phi) is 1.44. The number of aromatic amines is 1. The monoisotopic (exact) mass is 197 g/mol. The van der Waals surface area contributed by atoms with Crippen LogP contribution in [-0.4, -0.2) is 4.98 Å². The van der Waals surface area contributed by atoms with Crippen molar-refractivity contribution in [2.45, 2.75) is 13.8 Å². The van der Waals surface area contributed by atoms with Gasteiger partial charge < -0.3 is 4.98 Å². The second-order valence-electron chi connectivity index (χ2n) is 4.03. The average Bonchev–Trinajstić information content (AvgIpc) is 2.59. The lowest BCUT2D eigenvalue weighted by Gasteiger charge is -2.00. The first kappa shape index (κ1) is 7.52. The Labute approximate surface area is 90.2 Å². The van der Waals surface area contributed by atoms with Gasteiger partial charge in [0.05, 0.1) is 0 Å². The van der Waals surface area contributed by atoms with Gasteiger partial charge in [-0.1, -0.05) is 30.3 Å². The van der Waals surface area contributed by atoms with Crippen molar-refractivity contribution in [3.8, 4) is 0 Å². The van der Waals surface area contributed by atoms with Gasteiger partial charge in [-0.3, -0.25) is 0 Å². The lowest BCUT2D eigenvalue weighted by Crippen LogP contribution is -1.81. The van der Waals surface area contributed by atoms with Crippen molar-refractivity contribution in [2.24, 2.45) is 0 Å². The van der Waals surface area contributed by atoms with Crippen molar-refractivity contribution in [1.29, 1.82) is 0 Å². The van der Waals surface area contributed by atoms with Gasteiger partial charge in [-0.25, -0.2) is 0 Å². The third-order valence-electron chi connectivity index (χ3n) is 3.13. The first-order valence-electron chi connectivity index (χ1n) is 5.63. The van der Waals surface area contributed by atoms with Crippen molar-refractivity contribution in [1.82, 2.24) is 4.98 Å². The SMILES string of the molecule is [3H]n1c2ccccc2c2ccc(C)c(C)c21. The van der Waals surface area contributed by atoms with Crippen molar-refractivity contribution < 1.29 is 1.41 Å². The highest BCUT2D eigenvalue weighted by atomic mass is 14.7. The highest BCUT2D eigenvalue weighted by Crippen LogP contribution is 2.28. The van der Waals surface area contributed by atoms with E-state index in [0.717, 1.165) is 16.4 Å². The number of hydrogen-bond acceptors (Lipinski definition) is 0. The van der Waals surface area contributed by atoms with Gasteiger partial charge in [0.15, 0.2) is 1.41 Å². The van der Waals surface area contributed by atoms with Gasteiger partial charge in [0.1, 0.15) is 0 Å². The molecule has 0 aliphatic heterocycles. The Morgan fingerprint density at radius 2 is 1.80 bits per heavy atom. The molecule has 0 aliphatic carbocycles. The maximum atomic E-state index is 8.17. The number of nitrogens with one attached hydrogen (secondary N) is 1. The minimum atomic E-state index is 0.978. The second-order valence-corrected chi connectivity index (χ2v) is 4.03. The third kappa shape index (κ3) is 1.09. The van der Waals surface area contributed by atoms with E-state index in [4.69, 9.17) is 1.41 Å². The smallest absolute Gasteiger partial charge is 0.167 e. The standard InChI is InChI=1S/C14H13N/c1-9-7-8-12-11-5-3-4-6-13(11)15-14(12)10(9)2/h3-8,15H,1-2H3/i/hT. The van der Waals surface area contributed by atoms with E-state index in [0.29, 0.717) is 0 Å². The van der Waals surface area contributed by atoms with Crippen LogP contribution in [0.4, 0.5) is 0 Å². The Morgan fingerprint density at radius 1 is 1.00 bits per heavy atom. The molecular formula is C14H13N. The summed E-state index contributed by atoms with van der Waals surface area (Å²) in [5, 5.41) is 2.34. The quantitative estimate of drug-likeness (QED) is 0.562. The molecule has 1 nitrogen and oxygen atoms in total. The van der Waals surface area contributed by atoms with E-state index < -0.39 is 0 Å². The van der Waals surface area contributed by atoms with Crippen molar-refractivity contribution in [3.05, 3.63) is 47.5 Å². The third-order valence-corrected chi connectivity index (χ3v) is 3.13. The summed E-state index contributed by atoms with van der Waals surface area (Å²) in [6.45, 7) is 4.17. The molecule has 3 aromatic rings. The summed E-state index contributed by atoms with van der Waals surface area (Å²) < 4.78 is 8.17. The molecule has 0 spiro atoms. The molecule has 1 heterocycles. The largest absolute Gasteiger partial charge is 0.354 e. The number of aryl methyl sites for hydroxylation is 2. The number of aromatic nitrogens is 1. The van der Waals surface area contributed by atoms with Crippen LogP contribution in [0.15, 0.2) is 36.4 Å². The number of hydrogen-bond donors (Lipinski definition) is 1. The van der Waals surface area contributed by atoms with Crippen LogP contribution in [0.1, 0.15) is 11.1 Å². The summed E-state index contributed by atoms with van der Waals surface area (Å²) in [4.78, 5) is 1.55. The Hall–Kier alpha value is -1.76. The van der Waals surface area contributed by atoms with Gasteiger partial charge in [0, 0.05) is 21.8 Å². The Bertz CT molecular complexity index is 695. The van der Waals surface area contributed by atoms with Gasteiger partial charge >= 0.3 is 0 Å².